The zero-order chi connectivity index (χ0) is 18.8. The number of unbranched alkanes of at least 4 members (excludes halogenated alkanes) is 3. The first-order valence-electron chi connectivity index (χ1n) is 8.51. The molecule has 26 heavy (non-hydrogen) atoms. The Morgan fingerprint density at radius 3 is 2.50 bits per heavy atom. The summed E-state index contributed by atoms with van der Waals surface area (Å²) in [5, 5.41) is 14.1. The normalized spacial score (nSPS) is 10.3. The minimum Gasteiger partial charge on any atom is -0.481 e. The Labute approximate surface area is 151 Å². The molecule has 0 saturated carbocycles. The van der Waals surface area contributed by atoms with Gasteiger partial charge in [-0.2, -0.15) is 0 Å². The molecular formula is C19H22N2O5. The molecular weight excluding hydrogens is 336 g/mol. The summed E-state index contributed by atoms with van der Waals surface area (Å²) in [6.45, 7) is 0.523. The molecule has 7 heteroatoms. The van der Waals surface area contributed by atoms with Gasteiger partial charge >= 0.3 is 5.97 Å². The summed E-state index contributed by atoms with van der Waals surface area (Å²) in [6, 6.07) is 9.84. The topological polar surface area (TPSA) is 109 Å². The van der Waals surface area contributed by atoms with E-state index >= 15 is 0 Å². The zero-order valence-electron chi connectivity index (χ0n) is 14.4. The van der Waals surface area contributed by atoms with Gasteiger partial charge in [-0.25, -0.2) is 0 Å². The number of hydrogen-bond donors (Lipinski definition) is 3. The van der Waals surface area contributed by atoms with Crippen LogP contribution in [0.4, 0.5) is 5.69 Å². The van der Waals surface area contributed by atoms with E-state index in [1.165, 1.54) is 6.26 Å². The molecule has 1 aromatic carbocycles. The van der Waals surface area contributed by atoms with Gasteiger partial charge in [-0.05, 0) is 43.2 Å². The number of hydrogen-bond acceptors (Lipinski definition) is 4. The van der Waals surface area contributed by atoms with Crippen LogP contribution in [0.2, 0.25) is 0 Å². The Bertz CT molecular complexity index is 740. The summed E-state index contributed by atoms with van der Waals surface area (Å²) >= 11 is 0. The molecule has 1 aromatic heterocycles. The Kier molecular flexibility index (Phi) is 7.42. The monoisotopic (exact) mass is 358 g/mol. The van der Waals surface area contributed by atoms with Gasteiger partial charge in [0.05, 0.1) is 6.26 Å². The maximum Gasteiger partial charge on any atom is 0.303 e. The fraction of sp³-hybridized carbons (Fsp3) is 0.316. The molecule has 0 radical (unpaired) electrons. The first kappa shape index (κ1) is 19.2. The molecule has 1 heterocycles. The van der Waals surface area contributed by atoms with Gasteiger partial charge in [0.15, 0.2) is 5.76 Å². The van der Waals surface area contributed by atoms with Crippen LogP contribution in [0, 0.1) is 0 Å². The molecule has 0 spiro atoms. The van der Waals surface area contributed by atoms with Gasteiger partial charge < -0.3 is 20.2 Å². The molecule has 3 N–H and O–H groups in total. The number of aliphatic carboxylic acids is 1. The predicted molar refractivity (Wildman–Crippen MR) is 96.2 cm³/mol. The SMILES string of the molecule is O=C(O)CCCCCCNC(=O)c1cccc(NC(=O)c2ccco2)c1. The standard InChI is InChI=1S/C19H22N2O5/c22-17(23)10-3-1-2-4-11-20-18(24)14-7-5-8-15(13-14)21-19(25)16-9-6-12-26-16/h5-9,12-13H,1-4,10-11H2,(H,20,24)(H,21,25)(H,22,23). The highest BCUT2D eigenvalue weighted by molar-refractivity contribution is 6.03. The van der Waals surface area contributed by atoms with Crippen molar-refractivity contribution < 1.29 is 23.9 Å². The number of carboxylic acids is 1. The summed E-state index contributed by atoms with van der Waals surface area (Å²) in [7, 11) is 0. The molecule has 0 fully saturated rings. The quantitative estimate of drug-likeness (QED) is 0.565. The van der Waals surface area contributed by atoms with Crippen molar-refractivity contribution in [3.05, 3.63) is 54.0 Å². The number of furan rings is 1. The molecule has 0 bridgehead atoms. The van der Waals surface area contributed by atoms with Gasteiger partial charge in [0.2, 0.25) is 0 Å². The maximum absolute atomic E-state index is 12.2. The molecule has 0 atom stereocenters. The first-order chi connectivity index (χ1) is 12.6. The number of rotatable bonds is 10. The van der Waals surface area contributed by atoms with Crippen LogP contribution in [-0.4, -0.2) is 29.4 Å². The Hall–Kier alpha value is -3.09. The van der Waals surface area contributed by atoms with E-state index in [-0.39, 0.29) is 24.0 Å². The van der Waals surface area contributed by atoms with Crippen molar-refractivity contribution in [3.8, 4) is 0 Å². The fourth-order valence-electron chi connectivity index (χ4n) is 2.40. The molecule has 0 aliphatic carbocycles. The first-order valence-corrected chi connectivity index (χ1v) is 8.51. The second-order valence-electron chi connectivity index (χ2n) is 5.83. The lowest BCUT2D eigenvalue weighted by molar-refractivity contribution is -0.137. The number of benzene rings is 1. The van der Waals surface area contributed by atoms with Crippen molar-refractivity contribution in [2.45, 2.75) is 32.1 Å². The molecule has 138 valence electrons. The van der Waals surface area contributed by atoms with Gasteiger partial charge in [-0.3, -0.25) is 14.4 Å². The van der Waals surface area contributed by atoms with Crippen molar-refractivity contribution in [3.63, 3.8) is 0 Å². The number of anilines is 1. The van der Waals surface area contributed by atoms with E-state index in [1.807, 2.05) is 0 Å². The summed E-state index contributed by atoms with van der Waals surface area (Å²) in [6.07, 6.45) is 4.74. The van der Waals surface area contributed by atoms with Gasteiger partial charge in [0.25, 0.3) is 11.8 Å². The van der Waals surface area contributed by atoms with E-state index < -0.39 is 5.97 Å². The van der Waals surface area contributed by atoms with E-state index in [0.717, 1.165) is 19.3 Å². The zero-order valence-corrected chi connectivity index (χ0v) is 14.4. The predicted octanol–water partition coefficient (Wildman–Crippen LogP) is 3.30. The number of carbonyl (C=O) groups is 3. The third-order valence-electron chi connectivity index (χ3n) is 3.73. The van der Waals surface area contributed by atoms with Gasteiger partial charge in [0.1, 0.15) is 0 Å². The van der Waals surface area contributed by atoms with Crippen molar-refractivity contribution >= 4 is 23.5 Å². The van der Waals surface area contributed by atoms with Crippen LogP contribution in [-0.2, 0) is 4.79 Å². The second kappa shape index (κ2) is 10.0. The summed E-state index contributed by atoms with van der Waals surface area (Å²) in [5.41, 5.74) is 0.959. The summed E-state index contributed by atoms with van der Waals surface area (Å²) in [4.78, 5) is 34.5. The highest BCUT2D eigenvalue weighted by atomic mass is 16.4. The van der Waals surface area contributed by atoms with Crippen molar-refractivity contribution in [1.82, 2.24) is 5.32 Å². The molecule has 0 saturated heterocycles. The lowest BCUT2D eigenvalue weighted by Crippen LogP contribution is -2.24. The molecule has 0 unspecified atom stereocenters. The van der Waals surface area contributed by atoms with Crippen LogP contribution in [0.3, 0.4) is 0 Å². The average molecular weight is 358 g/mol. The molecule has 7 nitrogen and oxygen atoms in total. The minimum atomic E-state index is -0.780. The van der Waals surface area contributed by atoms with Crippen LogP contribution < -0.4 is 10.6 Å². The van der Waals surface area contributed by atoms with Crippen LogP contribution in [0.15, 0.2) is 47.1 Å². The van der Waals surface area contributed by atoms with Crippen molar-refractivity contribution in [2.24, 2.45) is 0 Å². The van der Waals surface area contributed by atoms with Crippen LogP contribution >= 0.6 is 0 Å². The molecule has 0 aliphatic heterocycles. The van der Waals surface area contributed by atoms with Gasteiger partial charge in [0, 0.05) is 24.2 Å². The lowest BCUT2D eigenvalue weighted by atomic mass is 10.1. The van der Waals surface area contributed by atoms with E-state index in [9.17, 15) is 14.4 Å². The summed E-state index contributed by atoms with van der Waals surface area (Å²) in [5.74, 6) is -1.18. The average Bonchev–Trinajstić information content (AvgIpc) is 3.15. The van der Waals surface area contributed by atoms with E-state index in [4.69, 9.17) is 9.52 Å². The van der Waals surface area contributed by atoms with E-state index in [1.54, 1.807) is 36.4 Å². The second-order valence-corrected chi connectivity index (χ2v) is 5.83. The molecule has 2 aromatic rings. The molecule has 2 rings (SSSR count). The van der Waals surface area contributed by atoms with Crippen molar-refractivity contribution in [2.75, 3.05) is 11.9 Å². The van der Waals surface area contributed by atoms with E-state index in [0.29, 0.717) is 24.2 Å². The highest BCUT2D eigenvalue weighted by Gasteiger charge is 2.10. The third-order valence-corrected chi connectivity index (χ3v) is 3.73. The minimum absolute atomic E-state index is 0.183. The molecule has 0 aliphatic rings. The largest absolute Gasteiger partial charge is 0.481 e. The van der Waals surface area contributed by atoms with E-state index in [2.05, 4.69) is 10.6 Å². The maximum atomic E-state index is 12.2. The van der Waals surface area contributed by atoms with Gasteiger partial charge in [-0.15, -0.1) is 0 Å². The van der Waals surface area contributed by atoms with Crippen LogP contribution in [0.1, 0.15) is 53.0 Å². The van der Waals surface area contributed by atoms with Crippen LogP contribution in [0.25, 0.3) is 0 Å². The Morgan fingerprint density at radius 2 is 1.77 bits per heavy atom. The Balaban J connectivity index is 1.75. The fourth-order valence-corrected chi connectivity index (χ4v) is 2.40. The third kappa shape index (κ3) is 6.43. The Morgan fingerprint density at radius 1 is 0.962 bits per heavy atom. The highest BCUT2D eigenvalue weighted by Crippen LogP contribution is 2.13. The number of carbonyl (C=O) groups excluding carboxylic acids is 2. The van der Waals surface area contributed by atoms with Crippen LogP contribution in [0.5, 0.6) is 0 Å². The number of amides is 2. The van der Waals surface area contributed by atoms with Crippen molar-refractivity contribution in [1.29, 1.82) is 0 Å². The lowest BCUT2D eigenvalue weighted by Gasteiger charge is -2.08. The summed E-state index contributed by atoms with van der Waals surface area (Å²) < 4.78 is 5.03. The van der Waals surface area contributed by atoms with Gasteiger partial charge in [-0.1, -0.05) is 18.9 Å². The molecule has 2 amide bonds. The number of carboxylic acid groups (broad SMARTS) is 1. The number of nitrogens with one attached hydrogen (secondary N) is 2. The smallest absolute Gasteiger partial charge is 0.303 e.